The first-order valence-electron chi connectivity index (χ1n) is 13.7. The number of hydrogen-bond donors (Lipinski definition) is 3. The molecule has 0 saturated carbocycles. The number of hydrogen-bond acceptors (Lipinski definition) is 5. The molecule has 6 rings (SSSR count). The van der Waals surface area contributed by atoms with Crippen molar-refractivity contribution in [3.8, 4) is 0 Å². The minimum absolute atomic E-state index is 0.0992. The quantitative estimate of drug-likeness (QED) is 0.306. The fourth-order valence-electron chi connectivity index (χ4n) is 5.66. The van der Waals surface area contributed by atoms with Gasteiger partial charge in [0.05, 0.1) is 23.5 Å². The number of aryl methyl sites for hydroxylation is 1. The summed E-state index contributed by atoms with van der Waals surface area (Å²) in [5.74, 6) is -0.671. The van der Waals surface area contributed by atoms with Crippen molar-refractivity contribution in [3.63, 3.8) is 0 Å². The van der Waals surface area contributed by atoms with E-state index in [1.807, 2.05) is 17.9 Å². The van der Waals surface area contributed by atoms with Crippen molar-refractivity contribution in [1.29, 1.82) is 0 Å². The van der Waals surface area contributed by atoms with E-state index in [0.29, 0.717) is 30.1 Å². The van der Waals surface area contributed by atoms with Gasteiger partial charge in [-0.05, 0) is 48.4 Å². The first-order chi connectivity index (χ1) is 20.1. The summed E-state index contributed by atoms with van der Waals surface area (Å²) in [5.41, 5.74) is 3.29. The molecule has 4 heterocycles. The number of amides is 3. The van der Waals surface area contributed by atoms with Crippen LogP contribution in [0.4, 0.5) is 35.0 Å². The van der Waals surface area contributed by atoms with E-state index in [-0.39, 0.29) is 30.2 Å². The molecule has 0 unspecified atom stereocenters. The number of alkyl halides is 3. The van der Waals surface area contributed by atoms with Crippen LogP contribution in [0, 0.1) is 6.92 Å². The molecular weight excluding hydrogens is 547 g/mol. The van der Waals surface area contributed by atoms with Gasteiger partial charge >= 0.3 is 12.2 Å². The van der Waals surface area contributed by atoms with Gasteiger partial charge in [0.25, 0.3) is 5.91 Å². The molecule has 42 heavy (non-hydrogen) atoms. The lowest BCUT2D eigenvalue weighted by Gasteiger charge is -2.36. The van der Waals surface area contributed by atoms with Crippen LogP contribution in [0.2, 0.25) is 0 Å². The van der Waals surface area contributed by atoms with Crippen molar-refractivity contribution in [1.82, 2.24) is 20.2 Å². The zero-order valence-corrected chi connectivity index (χ0v) is 23.2. The van der Waals surface area contributed by atoms with Crippen LogP contribution in [0.3, 0.4) is 0 Å². The second kappa shape index (κ2) is 10.8. The first kappa shape index (κ1) is 27.7. The van der Waals surface area contributed by atoms with Gasteiger partial charge in [-0.2, -0.15) is 13.2 Å². The van der Waals surface area contributed by atoms with E-state index in [9.17, 15) is 22.8 Å². The maximum atomic E-state index is 14.0. The number of urea groups is 1. The minimum atomic E-state index is -4.60. The standard InChI is InChI=1S/C30H30F3N7O2/c1-18-3-6-22(14-25(18)40-17-21-15-36-27-23(7-8-35-27)26(21)38(2)29(40)42)37-28(41)19-4-5-20(24(13-19)30(31,32)33)16-39-11-9-34-10-12-39/h3-8,13-15,34H,9-12,16-17H2,1-2H3,(H,35,36)(H,37,41). The Balaban J connectivity index is 1.25. The van der Waals surface area contributed by atoms with Crippen LogP contribution in [0.25, 0.3) is 11.0 Å². The van der Waals surface area contributed by atoms with Gasteiger partial charge in [-0.15, -0.1) is 0 Å². The number of rotatable bonds is 5. The largest absolute Gasteiger partial charge is 0.416 e. The molecule has 3 amide bonds. The van der Waals surface area contributed by atoms with Crippen molar-refractivity contribution in [2.24, 2.45) is 0 Å². The molecule has 1 fully saturated rings. The third-order valence-corrected chi connectivity index (χ3v) is 7.85. The molecule has 3 N–H and O–H groups in total. The number of nitrogens with zero attached hydrogens (tertiary/aromatic N) is 4. The Morgan fingerprint density at radius 2 is 1.88 bits per heavy atom. The molecule has 0 aliphatic carbocycles. The van der Waals surface area contributed by atoms with Crippen LogP contribution in [0.1, 0.15) is 32.6 Å². The van der Waals surface area contributed by atoms with Gasteiger partial charge in [-0.25, -0.2) is 9.78 Å². The van der Waals surface area contributed by atoms with Gasteiger partial charge in [-0.1, -0.05) is 12.1 Å². The SMILES string of the molecule is Cc1ccc(NC(=O)c2ccc(CN3CCNCC3)c(C(F)(F)F)c2)cc1N1Cc2cnc3[nH]ccc3c2N(C)C1=O. The Morgan fingerprint density at radius 3 is 2.64 bits per heavy atom. The van der Waals surface area contributed by atoms with Crippen molar-refractivity contribution < 1.29 is 22.8 Å². The summed E-state index contributed by atoms with van der Waals surface area (Å²) in [6.07, 6.45) is -1.10. The molecule has 2 aliphatic heterocycles. The smallest absolute Gasteiger partial charge is 0.346 e. The van der Waals surface area contributed by atoms with Crippen LogP contribution in [-0.2, 0) is 19.3 Å². The highest BCUT2D eigenvalue weighted by molar-refractivity contribution is 6.11. The molecular formula is C30H30F3N7O2. The number of fused-ring (bicyclic) bond motifs is 3. The molecule has 12 heteroatoms. The second-order valence-electron chi connectivity index (χ2n) is 10.7. The number of halogens is 3. The number of nitrogens with one attached hydrogen (secondary N) is 3. The van der Waals surface area contributed by atoms with Gasteiger partial charge in [0.2, 0.25) is 0 Å². The topological polar surface area (TPSA) is 96.6 Å². The zero-order valence-electron chi connectivity index (χ0n) is 23.2. The van der Waals surface area contributed by atoms with Crippen LogP contribution >= 0.6 is 0 Å². The summed E-state index contributed by atoms with van der Waals surface area (Å²) in [4.78, 5) is 39.3. The van der Waals surface area contributed by atoms with Gasteiger partial charge in [-0.3, -0.25) is 19.5 Å². The van der Waals surface area contributed by atoms with E-state index >= 15 is 0 Å². The molecule has 0 radical (unpaired) electrons. The van der Waals surface area contributed by atoms with E-state index in [4.69, 9.17) is 0 Å². The summed E-state index contributed by atoms with van der Waals surface area (Å²) in [5, 5.41) is 6.75. The monoisotopic (exact) mass is 577 g/mol. The number of H-pyrrole nitrogens is 1. The van der Waals surface area contributed by atoms with Gasteiger partial charge in [0.1, 0.15) is 5.65 Å². The first-order valence-corrected chi connectivity index (χ1v) is 13.7. The van der Waals surface area contributed by atoms with E-state index in [1.165, 1.54) is 12.1 Å². The fraction of sp³-hybridized carbons (Fsp3) is 0.300. The zero-order chi connectivity index (χ0) is 29.6. The number of aromatic amines is 1. The van der Waals surface area contributed by atoms with Crippen LogP contribution in [-0.4, -0.2) is 60.0 Å². The Hall–Kier alpha value is -4.42. The van der Waals surface area contributed by atoms with E-state index in [2.05, 4.69) is 20.6 Å². The van der Waals surface area contributed by atoms with Crippen LogP contribution in [0.5, 0.6) is 0 Å². The van der Waals surface area contributed by atoms with Gasteiger partial charge < -0.3 is 15.6 Å². The molecule has 4 aromatic rings. The molecule has 218 valence electrons. The summed E-state index contributed by atoms with van der Waals surface area (Å²) in [6, 6.07) is 10.4. The predicted octanol–water partition coefficient (Wildman–Crippen LogP) is 5.12. The van der Waals surface area contributed by atoms with Crippen molar-refractivity contribution >= 4 is 40.0 Å². The average molecular weight is 578 g/mol. The van der Waals surface area contributed by atoms with Crippen LogP contribution in [0.15, 0.2) is 54.9 Å². The fourth-order valence-corrected chi connectivity index (χ4v) is 5.66. The number of benzene rings is 2. The Labute approximate surface area is 240 Å². The Morgan fingerprint density at radius 1 is 1.10 bits per heavy atom. The summed E-state index contributed by atoms with van der Waals surface area (Å²) in [7, 11) is 1.70. The summed E-state index contributed by atoms with van der Waals surface area (Å²) >= 11 is 0. The van der Waals surface area contributed by atoms with E-state index in [0.717, 1.165) is 41.4 Å². The maximum absolute atomic E-state index is 14.0. The van der Waals surface area contributed by atoms with Gasteiger partial charge in [0.15, 0.2) is 0 Å². The number of piperazine rings is 1. The molecule has 2 aliphatic rings. The third kappa shape index (κ3) is 5.19. The second-order valence-corrected chi connectivity index (χ2v) is 10.7. The molecule has 2 aromatic carbocycles. The Kier molecular flexibility index (Phi) is 7.11. The highest BCUT2D eigenvalue weighted by Gasteiger charge is 2.35. The molecule has 0 spiro atoms. The van der Waals surface area contributed by atoms with Crippen LogP contribution < -0.4 is 20.4 Å². The summed E-state index contributed by atoms with van der Waals surface area (Å²) in [6.45, 7) is 5.04. The van der Waals surface area contributed by atoms with Gasteiger partial charge in [0, 0.05) is 74.4 Å². The number of aromatic nitrogens is 2. The maximum Gasteiger partial charge on any atom is 0.416 e. The molecule has 0 bridgehead atoms. The predicted molar refractivity (Wildman–Crippen MR) is 155 cm³/mol. The van der Waals surface area contributed by atoms with E-state index < -0.39 is 17.6 Å². The number of carbonyl (C=O) groups excluding carboxylic acids is 2. The molecule has 1 saturated heterocycles. The number of anilines is 3. The lowest BCUT2D eigenvalue weighted by molar-refractivity contribution is -0.138. The molecule has 0 atom stereocenters. The molecule has 9 nitrogen and oxygen atoms in total. The third-order valence-electron chi connectivity index (χ3n) is 7.85. The minimum Gasteiger partial charge on any atom is -0.346 e. The number of pyridine rings is 1. The average Bonchev–Trinajstić information content (AvgIpc) is 3.45. The molecule has 2 aromatic heterocycles. The normalized spacial score (nSPS) is 16.2. The van der Waals surface area contributed by atoms with E-state index in [1.54, 1.807) is 47.4 Å². The number of carbonyl (C=O) groups is 2. The summed E-state index contributed by atoms with van der Waals surface area (Å²) < 4.78 is 42.0. The lowest BCUT2D eigenvalue weighted by atomic mass is 10.0. The van der Waals surface area contributed by atoms with Crippen molar-refractivity contribution in [2.45, 2.75) is 26.2 Å². The highest BCUT2D eigenvalue weighted by Crippen LogP contribution is 2.37. The van der Waals surface area contributed by atoms with Crippen molar-refractivity contribution in [3.05, 3.63) is 82.7 Å². The lowest BCUT2D eigenvalue weighted by Crippen LogP contribution is -2.45. The highest BCUT2D eigenvalue weighted by atomic mass is 19.4. The Bertz CT molecular complexity index is 1680. The van der Waals surface area contributed by atoms with Crippen molar-refractivity contribution in [2.75, 3.05) is 48.3 Å².